The van der Waals surface area contributed by atoms with Crippen LogP contribution in [0.15, 0.2) is 66.9 Å². The highest BCUT2D eigenvalue weighted by Gasteiger charge is 2.31. The molecule has 2 amide bonds. The fraction of sp³-hybridized carbons (Fsp3) is 0.359. The van der Waals surface area contributed by atoms with Crippen molar-refractivity contribution >= 4 is 24.3 Å². The zero-order chi connectivity index (χ0) is 37.9. The van der Waals surface area contributed by atoms with Crippen LogP contribution in [-0.4, -0.2) is 72.0 Å². The molecule has 2 unspecified atom stereocenters. The molecule has 1 heterocycles. The predicted octanol–water partition coefficient (Wildman–Crippen LogP) is 5.47. The van der Waals surface area contributed by atoms with Gasteiger partial charge in [0.2, 0.25) is 11.8 Å². The number of aromatic nitrogens is 2. The molecule has 51 heavy (non-hydrogen) atoms. The second-order valence-electron chi connectivity index (χ2n) is 13.0. The predicted molar refractivity (Wildman–Crippen MR) is 195 cm³/mol. The number of nitrogens with two attached hydrogens (primary N) is 1. The van der Waals surface area contributed by atoms with Crippen molar-refractivity contribution in [1.82, 2.24) is 20.2 Å². The van der Waals surface area contributed by atoms with Gasteiger partial charge in [-0.15, -0.1) is 0 Å². The molecule has 3 aromatic carbocycles. The van der Waals surface area contributed by atoms with Crippen LogP contribution in [0.5, 0.6) is 5.75 Å². The second-order valence-corrected chi connectivity index (χ2v) is 13.0. The molecule has 0 spiro atoms. The first-order valence-electron chi connectivity index (χ1n) is 16.5. The van der Waals surface area contributed by atoms with E-state index in [-0.39, 0.29) is 23.6 Å². The Morgan fingerprint density at radius 2 is 1.67 bits per heavy atom. The van der Waals surface area contributed by atoms with E-state index in [1.54, 1.807) is 42.4 Å². The van der Waals surface area contributed by atoms with Gasteiger partial charge in [0, 0.05) is 12.1 Å². The van der Waals surface area contributed by atoms with E-state index in [2.05, 4.69) is 20.0 Å². The molecule has 4 N–H and O–H groups in total. The molecule has 0 bridgehead atoms. The molecule has 272 valence electrons. The van der Waals surface area contributed by atoms with Crippen LogP contribution in [0, 0.1) is 13.8 Å². The first kappa shape index (κ1) is 39.9. The molecule has 0 radical (unpaired) electrons. The zero-order valence-electron chi connectivity index (χ0n) is 30.8. The molecule has 0 aliphatic heterocycles. The highest BCUT2D eigenvalue weighted by Crippen LogP contribution is 2.28. The van der Waals surface area contributed by atoms with Gasteiger partial charge in [-0.2, -0.15) is 0 Å². The third kappa shape index (κ3) is 10.7. The monoisotopic (exact) mass is 699 g/mol. The summed E-state index contributed by atoms with van der Waals surface area (Å²) in [4.78, 5) is 58.1. The van der Waals surface area contributed by atoms with Crippen LogP contribution < -0.4 is 15.8 Å². The number of imidazole rings is 1. The lowest BCUT2D eigenvalue weighted by atomic mass is 9.93. The second kappa shape index (κ2) is 18.0. The Morgan fingerprint density at radius 3 is 2.18 bits per heavy atom. The molecular formula is C39H49N5O7. The molecule has 1 aromatic heterocycles. The molecular weight excluding hydrogens is 650 g/mol. The van der Waals surface area contributed by atoms with Gasteiger partial charge in [-0.25, -0.2) is 9.78 Å². The lowest BCUT2D eigenvalue weighted by Crippen LogP contribution is -2.47. The number of nitrogens with zero attached hydrogens (tertiary/aromatic N) is 2. The maximum Gasteiger partial charge on any atom is 0.341 e. The third-order valence-corrected chi connectivity index (χ3v) is 8.29. The normalized spacial score (nSPS) is 12.1. The van der Waals surface area contributed by atoms with Crippen molar-refractivity contribution in [3.63, 3.8) is 0 Å². The van der Waals surface area contributed by atoms with Crippen molar-refractivity contribution in [3.8, 4) is 17.0 Å². The number of nitrogens with one attached hydrogen (secondary N) is 2. The highest BCUT2D eigenvalue weighted by molar-refractivity contribution is 5.93. The molecule has 0 saturated carbocycles. The number of primary amides is 1. The van der Waals surface area contributed by atoms with Crippen molar-refractivity contribution in [2.75, 3.05) is 21.3 Å². The fourth-order valence-electron chi connectivity index (χ4n) is 5.51. The quantitative estimate of drug-likeness (QED) is 0.121. The average Bonchev–Trinajstić information content (AvgIpc) is 3.60. The Bertz CT molecular complexity index is 1790. The van der Waals surface area contributed by atoms with Gasteiger partial charge in [0.25, 0.3) is 6.47 Å². The number of H-pyrrole nitrogens is 1. The minimum atomic E-state index is -0.601. The Labute approximate surface area is 299 Å². The summed E-state index contributed by atoms with van der Waals surface area (Å²) in [5.74, 6) is -0.198. The summed E-state index contributed by atoms with van der Waals surface area (Å²) < 4.78 is 14.9. The van der Waals surface area contributed by atoms with E-state index >= 15 is 0 Å². The number of ether oxygens (including phenoxy) is 3. The minimum absolute atomic E-state index is 0.161. The molecule has 0 aliphatic rings. The van der Waals surface area contributed by atoms with Gasteiger partial charge >= 0.3 is 5.97 Å². The van der Waals surface area contributed by atoms with Crippen molar-refractivity contribution in [2.24, 2.45) is 5.73 Å². The molecule has 0 aliphatic carbocycles. The van der Waals surface area contributed by atoms with E-state index in [0.29, 0.717) is 35.6 Å². The summed E-state index contributed by atoms with van der Waals surface area (Å²) in [5.41, 5.74) is 11.1. The van der Waals surface area contributed by atoms with E-state index in [4.69, 9.17) is 15.2 Å². The van der Waals surface area contributed by atoms with Gasteiger partial charge in [-0.3, -0.25) is 14.4 Å². The number of amides is 2. The van der Waals surface area contributed by atoms with Crippen molar-refractivity contribution in [3.05, 3.63) is 106 Å². The topological polar surface area (TPSA) is 166 Å². The number of hydrogen-bond donors (Lipinski definition) is 3. The number of benzene rings is 3. The standard InChI is InChI=1S/C34H39N5O5.C5H10O2/c1-20-14-25(31(35)40)15-21(2)26(20)17-28(36-4)33(41)39(19-23-12-13-30(43-5)27(16-23)34(42)44-6)22(3)32-37-18-29(38-32)24-10-8-7-9-11-24;1-5(2,3)7-4-6/h7-16,18,22,28,36H,17,19H2,1-6H3,(H2,35,40)(H,37,38);4H,1-3H3. The average molecular weight is 700 g/mol. The number of methoxy groups -OCH3 is 2. The molecule has 2 atom stereocenters. The maximum atomic E-state index is 14.4. The smallest absolute Gasteiger partial charge is 0.341 e. The summed E-state index contributed by atoms with van der Waals surface area (Å²) in [5, 5.41) is 3.20. The summed E-state index contributed by atoms with van der Waals surface area (Å²) >= 11 is 0. The van der Waals surface area contributed by atoms with Crippen LogP contribution in [0.2, 0.25) is 0 Å². The van der Waals surface area contributed by atoms with Gasteiger partial charge in [-0.1, -0.05) is 36.4 Å². The number of hydrogen-bond acceptors (Lipinski definition) is 9. The van der Waals surface area contributed by atoms with Gasteiger partial charge in [0.1, 0.15) is 22.7 Å². The molecule has 4 rings (SSSR count). The van der Waals surface area contributed by atoms with E-state index in [0.717, 1.165) is 27.9 Å². The summed E-state index contributed by atoms with van der Waals surface area (Å²) in [6.07, 6.45) is 2.15. The first-order chi connectivity index (χ1) is 24.1. The summed E-state index contributed by atoms with van der Waals surface area (Å²) in [7, 11) is 4.54. The lowest BCUT2D eigenvalue weighted by molar-refractivity contribution is -0.139. The van der Waals surface area contributed by atoms with Crippen LogP contribution in [0.4, 0.5) is 0 Å². The molecule has 12 heteroatoms. The van der Waals surface area contributed by atoms with Gasteiger partial charge in [0.05, 0.1) is 38.2 Å². The number of carbonyl (C=O) groups excluding carboxylic acids is 4. The minimum Gasteiger partial charge on any atom is -0.496 e. The molecule has 12 nitrogen and oxygen atoms in total. The van der Waals surface area contributed by atoms with Gasteiger partial charge in [0.15, 0.2) is 0 Å². The number of likely N-dealkylation sites (N-methyl/N-ethyl adjacent to an activating group) is 1. The summed E-state index contributed by atoms with van der Waals surface area (Å²) in [6, 6.07) is 17.5. The number of aryl methyl sites for hydroxylation is 2. The van der Waals surface area contributed by atoms with Crippen LogP contribution in [0.3, 0.4) is 0 Å². The number of esters is 1. The molecule has 0 saturated heterocycles. The Kier molecular flexibility index (Phi) is 14.1. The Hall–Kier alpha value is -5.49. The van der Waals surface area contributed by atoms with Crippen LogP contribution in [0.25, 0.3) is 11.3 Å². The van der Waals surface area contributed by atoms with Crippen LogP contribution >= 0.6 is 0 Å². The van der Waals surface area contributed by atoms with E-state index < -0.39 is 24.0 Å². The Balaban J connectivity index is 0.000000908. The zero-order valence-corrected chi connectivity index (χ0v) is 30.8. The van der Waals surface area contributed by atoms with Crippen LogP contribution in [0.1, 0.15) is 82.5 Å². The summed E-state index contributed by atoms with van der Waals surface area (Å²) in [6.45, 7) is 11.8. The van der Waals surface area contributed by atoms with Crippen molar-refractivity contribution in [2.45, 2.75) is 72.2 Å². The number of rotatable bonds is 13. The molecule has 0 fully saturated rings. The number of aromatic amines is 1. The maximum absolute atomic E-state index is 14.4. The van der Waals surface area contributed by atoms with Gasteiger partial charge in [-0.05, 0) is 107 Å². The highest BCUT2D eigenvalue weighted by atomic mass is 16.5. The van der Waals surface area contributed by atoms with E-state index in [9.17, 15) is 19.2 Å². The number of carbonyl (C=O) groups is 4. The van der Waals surface area contributed by atoms with Crippen molar-refractivity contribution < 1.29 is 33.4 Å². The van der Waals surface area contributed by atoms with Crippen molar-refractivity contribution in [1.29, 1.82) is 0 Å². The largest absolute Gasteiger partial charge is 0.496 e. The van der Waals surface area contributed by atoms with E-state index in [1.807, 2.05) is 77.9 Å². The first-order valence-corrected chi connectivity index (χ1v) is 16.5. The third-order valence-electron chi connectivity index (χ3n) is 8.29. The van der Waals surface area contributed by atoms with Crippen LogP contribution in [-0.2, 0) is 32.0 Å². The lowest BCUT2D eigenvalue weighted by Gasteiger charge is -2.32. The molecule has 4 aromatic rings. The Morgan fingerprint density at radius 1 is 1.02 bits per heavy atom. The fourth-order valence-corrected chi connectivity index (χ4v) is 5.51. The van der Waals surface area contributed by atoms with E-state index in [1.165, 1.54) is 14.2 Å². The SMILES string of the molecule is CC(C)(C)OC=O.CNC(Cc1c(C)cc(C(N)=O)cc1C)C(=O)N(Cc1ccc(OC)c(C(=O)OC)c1)C(C)c1ncc(-c2ccccc2)[nH]1. The van der Waals surface area contributed by atoms with Gasteiger partial charge < -0.3 is 35.1 Å².